The first-order chi connectivity index (χ1) is 13.2. The van der Waals surface area contributed by atoms with Gasteiger partial charge in [-0.15, -0.1) is 0 Å². The molecule has 0 amide bonds. The molecule has 3 rings (SSSR count). The summed E-state index contributed by atoms with van der Waals surface area (Å²) in [6, 6.07) is 12.5. The van der Waals surface area contributed by atoms with Gasteiger partial charge in [0.1, 0.15) is 6.61 Å². The van der Waals surface area contributed by atoms with Crippen LogP contribution in [0.25, 0.3) is 0 Å². The molecule has 2 aromatic carbocycles. The quantitative estimate of drug-likeness (QED) is 0.603. The lowest BCUT2D eigenvalue weighted by Gasteiger charge is -2.16. The van der Waals surface area contributed by atoms with Crippen LogP contribution in [0, 0.1) is 6.92 Å². The maximum atomic E-state index is 6.07. The van der Waals surface area contributed by atoms with Crippen molar-refractivity contribution in [2.45, 2.75) is 45.9 Å². The molecule has 0 saturated carbocycles. The van der Waals surface area contributed by atoms with Crippen LogP contribution in [0.15, 0.2) is 40.9 Å². The molecule has 1 heterocycles. The molecule has 0 radical (unpaired) electrons. The van der Waals surface area contributed by atoms with Crippen LogP contribution in [0.3, 0.4) is 0 Å². The second kappa shape index (κ2) is 10.1. The molecule has 4 nitrogen and oxygen atoms in total. The third-order valence-corrected chi connectivity index (χ3v) is 5.19. The Morgan fingerprint density at radius 1 is 1.15 bits per heavy atom. The Hall–Kier alpha value is -1.56. The number of benzene rings is 2. The highest BCUT2D eigenvalue weighted by molar-refractivity contribution is 9.10. The van der Waals surface area contributed by atoms with Crippen LogP contribution in [-0.4, -0.2) is 25.9 Å². The number of nitrogens with one attached hydrogen (secondary N) is 1. The van der Waals surface area contributed by atoms with E-state index in [0.717, 1.165) is 53.2 Å². The Balaban J connectivity index is 1.64. The SMILES string of the molecule is CCOc1cc(CNC[C@H]2CCCO2)cc(Br)c1OCc1ccc(C)cc1. The minimum Gasteiger partial charge on any atom is -0.490 e. The predicted molar refractivity (Wildman–Crippen MR) is 112 cm³/mol. The van der Waals surface area contributed by atoms with Crippen molar-refractivity contribution >= 4 is 15.9 Å². The number of halogens is 1. The first-order valence-corrected chi connectivity index (χ1v) is 10.4. The third-order valence-electron chi connectivity index (χ3n) is 4.60. The van der Waals surface area contributed by atoms with Crippen molar-refractivity contribution in [1.82, 2.24) is 5.32 Å². The maximum absolute atomic E-state index is 6.07. The van der Waals surface area contributed by atoms with Gasteiger partial charge >= 0.3 is 0 Å². The Kier molecular flexibility index (Phi) is 7.56. The van der Waals surface area contributed by atoms with E-state index in [2.05, 4.69) is 64.6 Å². The van der Waals surface area contributed by atoms with E-state index in [-0.39, 0.29) is 0 Å². The maximum Gasteiger partial charge on any atom is 0.175 e. The molecule has 1 saturated heterocycles. The molecule has 0 bridgehead atoms. The van der Waals surface area contributed by atoms with Crippen molar-refractivity contribution in [3.63, 3.8) is 0 Å². The minimum absolute atomic E-state index is 0.344. The first kappa shape index (κ1) is 20.2. The van der Waals surface area contributed by atoms with Crippen molar-refractivity contribution in [1.29, 1.82) is 0 Å². The molecule has 146 valence electrons. The van der Waals surface area contributed by atoms with Crippen LogP contribution < -0.4 is 14.8 Å². The fraction of sp³-hybridized carbons (Fsp3) is 0.455. The van der Waals surface area contributed by atoms with Gasteiger partial charge in [0.25, 0.3) is 0 Å². The van der Waals surface area contributed by atoms with Gasteiger partial charge in [-0.3, -0.25) is 0 Å². The largest absolute Gasteiger partial charge is 0.490 e. The molecular weight excluding hydrogens is 406 g/mol. The summed E-state index contributed by atoms with van der Waals surface area (Å²) >= 11 is 3.65. The molecule has 1 fully saturated rings. The molecule has 2 aromatic rings. The Morgan fingerprint density at radius 2 is 1.96 bits per heavy atom. The highest BCUT2D eigenvalue weighted by Gasteiger charge is 2.16. The number of hydrogen-bond donors (Lipinski definition) is 1. The highest BCUT2D eigenvalue weighted by atomic mass is 79.9. The molecule has 1 aliphatic rings. The Labute approximate surface area is 170 Å². The molecule has 27 heavy (non-hydrogen) atoms. The summed E-state index contributed by atoms with van der Waals surface area (Å²) in [5.74, 6) is 1.52. The van der Waals surface area contributed by atoms with E-state index in [1.54, 1.807) is 0 Å². The normalized spacial score (nSPS) is 16.5. The number of hydrogen-bond acceptors (Lipinski definition) is 4. The van der Waals surface area contributed by atoms with Gasteiger partial charge in [0, 0.05) is 19.7 Å². The van der Waals surface area contributed by atoms with Crippen LogP contribution in [0.1, 0.15) is 36.5 Å². The second-order valence-electron chi connectivity index (χ2n) is 6.88. The lowest BCUT2D eigenvalue weighted by Crippen LogP contribution is -2.25. The highest BCUT2D eigenvalue weighted by Crippen LogP contribution is 2.37. The lowest BCUT2D eigenvalue weighted by molar-refractivity contribution is 0.110. The molecule has 5 heteroatoms. The minimum atomic E-state index is 0.344. The van der Waals surface area contributed by atoms with Gasteiger partial charge in [0.2, 0.25) is 0 Å². The summed E-state index contributed by atoms with van der Waals surface area (Å²) in [6.07, 6.45) is 2.66. The van der Waals surface area contributed by atoms with Gasteiger partial charge in [-0.1, -0.05) is 29.8 Å². The van der Waals surface area contributed by atoms with Crippen molar-refractivity contribution in [3.05, 3.63) is 57.6 Å². The fourth-order valence-electron chi connectivity index (χ4n) is 3.15. The van der Waals surface area contributed by atoms with Gasteiger partial charge in [0.05, 0.1) is 17.2 Å². The predicted octanol–water partition coefficient (Wildman–Crippen LogP) is 5.00. The third kappa shape index (κ3) is 5.96. The summed E-state index contributed by atoms with van der Waals surface area (Å²) in [5, 5.41) is 3.48. The van der Waals surface area contributed by atoms with Crippen molar-refractivity contribution in [3.8, 4) is 11.5 Å². The number of ether oxygens (including phenoxy) is 3. The van der Waals surface area contributed by atoms with E-state index in [9.17, 15) is 0 Å². The summed E-state index contributed by atoms with van der Waals surface area (Å²) in [4.78, 5) is 0. The molecule has 1 aliphatic heterocycles. The monoisotopic (exact) mass is 433 g/mol. The molecular formula is C22H28BrNO3. The Bertz CT molecular complexity index is 727. The molecule has 1 atom stereocenters. The van der Waals surface area contributed by atoms with Crippen LogP contribution in [0.4, 0.5) is 0 Å². The van der Waals surface area contributed by atoms with E-state index in [1.807, 2.05) is 6.92 Å². The number of aryl methyl sites for hydroxylation is 1. The summed E-state index contributed by atoms with van der Waals surface area (Å²) in [7, 11) is 0. The first-order valence-electron chi connectivity index (χ1n) is 9.61. The zero-order valence-corrected chi connectivity index (χ0v) is 17.7. The van der Waals surface area contributed by atoms with Crippen molar-refractivity contribution in [2.75, 3.05) is 19.8 Å². The van der Waals surface area contributed by atoms with Crippen molar-refractivity contribution in [2.24, 2.45) is 0 Å². The average molecular weight is 434 g/mol. The zero-order valence-electron chi connectivity index (χ0n) is 16.1. The molecule has 0 unspecified atom stereocenters. The standard InChI is InChI=1S/C22H28BrNO3/c1-3-25-21-12-18(13-24-14-19-5-4-10-26-19)11-20(23)22(21)27-15-17-8-6-16(2)7-9-17/h6-9,11-12,19,24H,3-5,10,13-15H2,1-2H3/t19-/m1/s1. The smallest absolute Gasteiger partial charge is 0.175 e. The van der Waals surface area contributed by atoms with Gasteiger partial charge in [-0.25, -0.2) is 0 Å². The zero-order chi connectivity index (χ0) is 19.1. The van der Waals surface area contributed by atoms with Gasteiger partial charge < -0.3 is 19.5 Å². The average Bonchev–Trinajstić information content (AvgIpc) is 3.16. The van der Waals surface area contributed by atoms with Gasteiger partial charge in [0.15, 0.2) is 11.5 Å². The summed E-state index contributed by atoms with van der Waals surface area (Å²) in [5.41, 5.74) is 3.54. The van der Waals surface area contributed by atoms with E-state index in [0.29, 0.717) is 19.3 Å². The van der Waals surface area contributed by atoms with Crippen LogP contribution >= 0.6 is 15.9 Å². The molecule has 0 aromatic heterocycles. The Morgan fingerprint density at radius 3 is 2.67 bits per heavy atom. The molecule has 1 N–H and O–H groups in total. The van der Waals surface area contributed by atoms with Crippen LogP contribution in [-0.2, 0) is 17.9 Å². The lowest BCUT2D eigenvalue weighted by atomic mass is 10.1. The van der Waals surface area contributed by atoms with E-state index >= 15 is 0 Å². The van der Waals surface area contributed by atoms with Gasteiger partial charge in [-0.2, -0.15) is 0 Å². The summed E-state index contributed by atoms with van der Waals surface area (Å²) < 4.78 is 18.5. The number of rotatable bonds is 9. The second-order valence-corrected chi connectivity index (χ2v) is 7.73. The molecule has 0 spiro atoms. The molecule has 0 aliphatic carbocycles. The van der Waals surface area contributed by atoms with Gasteiger partial charge in [-0.05, 0) is 65.9 Å². The van der Waals surface area contributed by atoms with E-state index < -0.39 is 0 Å². The van der Waals surface area contributed by atoms with E-state index in [1.165, 1.54) is 12.0 Å². The fourth-order valence-corrected chi connectivity index (χ4v) is 3.75. The summed E-state index contributed by atoms with van der Waals surface area (Å²) in [6.45, 7) is 7.72. The topological polar surface area (TPSA) is 39.7 Å². The van der Waals surface area contributed by atoms with E-state index in [4.69, 9.17) is 14.2 Å². The van der Waals surface area contributed by atoms with Crippen molar-refractivity contribution < 1.29 is 14.2 Å². The van der Waals surface area contributed by atoms with Crippen LogP contribution in [0.5, 0.6) is 11.5 Å². The van der Waals surface area contributed by atoms with Crippen LogP contribution in [0.2, 0.25) is 0 Å².